The summed E-state index contributed by atoms with van der Waals surface area (Å²) < 4.78 is 27.9. The summed E-state index contributed by atoms with van der Waals surface area (Å²) in [5.41, 5.74) is 0. The highest BCUT2D eigenvalue weighted by Gasteiger charge is 2.29. The van der Waals surface area contributed by atoms with Gasteiger partial charge in [0.15, 0.2) is 9.84 Å². The van der Waals surface area contributed by atoms with Crippen molar-refractivity contribution in [3.8, 4) is 5.75 Å². The van der Waals surface area contributed by atoms with Gasteiger partial charge in [-0.15, -0.1) is 0 Å². The van der Waals surface area contributed by atoms with Gasteiger partial charge in [-0.25, -0.2) is 8.42 Å². The topological polar surface area (TPSA) is 43.4 Å². The van der Waals surface area contributed by atoms with E-state index < -0.39 is 9.84 Å². The van der Waals surface area contributed by atoms with Crippen LogP contribution < -0.4 is 4.74 Å². The molecule has 1 fully saturated rings. The van der Waals surface area contributed by atoms with E-state index in [4.69, 9.17) is 16.3 Å². The first kappa shape index (κ1) is 10.8. The van der Waals surface area contributed by atoms with E-state index >= 15 is 0 Å². The number of sulfone groups is 1. The zero-order valence-corrected chi connectivity index (χ0v) is 9.59. The zero-order valence-electron chi connectivity index (χ0n) is 8.02. The summed E-state index contributed by atoms with van der Waals surface area (Å²) in [4.78, 5) is 0. The summed E-state index contributed by atoms with van der Waals surface area (Å²) in [6.07, 6.45) is 0.294. The van der Waals surface area contributed by atoms with Gasteiger partial charge < -0.3 is 4.74 Å². The van der Waals surface area contributed by atoms with E-state index in [9.17, 15) is 8.42 Å². The lowest BCUT2D eigenvalue weighted by Gasteiger charge is -2.12. The molecule has 1 unspecified atom stereocenters. The largest absolute Gasteiger partial charge is 0.488 e. The molecular formula is C10H11ClO3S. The predicted octanol–water partition coefficient (Wildman–Crippen LogP) is 1.91. The van der Waals surface area contributed by atoms with Crippen LogP contribution in [0.15, 0.2) is 24.3 Å². The zero-order chi connectivity index (χ0) is 10.9. The molecule has 82 valence electrons. The molecule has 0 saturated carbocycles. The smallest absolute Gasteiger partial charge is 0.154 e. The third-order valence-corrected chi connectivity index (χ3v) is 4.37. The Labute approximate surface area is 93.9 Å². The highest BCUT2D eigenvalue weighted by Crippen LogP contribution is 2.26. The lowest BCUT2D eigenvalue weighted by molar-refractivity contribution is 0.229. The second-order valence-corrected chi connectivity index (χ2v) is 6.21. The summed E-state index contributed by atoms with van der Waals surface area (Å²) in [7, 11) is -2.90. The number of hydrogen-bond acceptors (Lipinski definition) is 3. The SMILES string of the molecule is O=S1(=O)CCC(Oc2ccccc2Cl)C1. The van der Waals surface area contributed by atoms with Crippen LogP contribution in [0.3, 0.4) is 0 Å². The van der Waals surface area contributed by atoms with Gasteiger partial charge in [0, 0.05) is 0 Å². The third kappa shape index (κ3) is 2.63. The van der Waals surface area contributed by atoms with Crippen LogP contribution >= 0.6 is 11.6 Å². The first-order valence-electron chi connectivity index (χ1n) is 4.68. The maximum Gasteiger partial charge on any atom is 0.154 e. The minimum absolute atomic E-state index is 0.0955. The van der Waals surface area contributed by atoms with Crippen LogP contribution in [-0.2, 0) is 9.84 Å². The Morgan fingerprint density at radius 2 is 2.07 bits per heavy atom. The first-order valence-corrected chi connectivity index (χ1v) is 6.88. The summed E-state index contributed by atoms with van der Waals surface area (Å²) in [6, 6.07) is 7.08. The van der Waals surface area contributed by atoms with Crippen molar-refractivity contribution >= 4 is 21.4 Å². The highest BCUT2D eigenvalue weighted by atomic mass is 35.5. The number of hydrogen-bond donors (Lipinski definition) is 0. The Hall–Kier alpha value is -0.740. The normalized spacial score (nSPS) is 23.9. The van der Waals surface area contributed by atoms with E-state index in [2.05, 4.69) is 0 Å². The van der Waals surface area contributed by atoms with Crippen molar-refractivity contribution in [3.63, 3.8) is 0 Å². The van der Waals surface area contributed by atoms with Crippen LogP contribution in [0.1, 0.15) is 6.42 Å². The highest BCUT2D eigenvalue weighted by molar-refractivity contribution is 7.91. The van der Waals surface area contributed by atoms with Crippen molar-refractivity contribution in [2.45, 2.75) is 12.5 Å². The van der Waals surface area contributed by atoms with E-state index in [-0.39, 0.29) is 17.6 Å². The van der Waals surface area contributed by atoms with Gasteiger partial charge in [-0.2, -0.15) is 0 Å². The fourth-order valence-electron chi connectivity index (χ4n) is 1.57. The average Bonchev–Trinajstić information content (AvgIpc) is 2.50. The summed E-state index contributed by atoms with van der Waals surface area (Å²) in [6.45, 7) is 0. The molecule has 0 amide bonds. The van der Waals surface area contributed by atoms with E-state index in [1.54, 1.807) is 18.2 Å². The molecule has 1 saturated heterocycles. The maximum absolute atomic E-state index is 11.2. The Kier molecular flexibility index (Phi) is 2.89. The average molecular weight is 247 g/mol. The standard InChI is InChI=1S/C10H11ClO3S/c11-9-3-1-2-4-10(9)14-8-5-6-15(12,13)7-8/h1-4,8H,5-7H2. The van der Waals surface area contributed by atoms with Crippen LogP contribution in [0.5, 0.6) is 5.75 Å². The second kappa shape index (κ2) is 4.02. The quantitative estimate of drug-likeness (QED) is 0.801. The molecule has 5 heteroatoms. The van der Waals surface area contributed by atoms with Gasteiger partial charge in [0.2, 0.25) is 0 Å². The van der Waals surface area contributed by atoms with Crippen molar-refractivity contribution in [2.75, 3.05) is 11.5 Å². The second-order valence-electron chi connectivity index (χ2n) is 3.57. The minimum Gasteiger partial charge on any atom is -0.488 e. The molecule has 3 nitrogen and oxygen atoms in total. The molecular weight excluding hydrogens is 236 g/mol. The van der Waals surface area contributed by atoms with E-state index in [0.29, 0.717) is 17.2 Å². The third-order valence-electron chi connectivity index (χ3n) is 2.32. The monoisotopic (exact) mass is 246 g/mol. The lowest BCUT2D eigenvalue weighted by Crippen LogP contribution is -2.17. The summed E-state index contributed by atoms with van der Waals surface area (Å²) in [5.74, 6) is 0.863. The molecule has 1 aromatic rings. The van der Waals surface area contributed by atoms with E-state index in [1.807, 2.05) is 6.07 Å². The van der Waals surface area contributed by atoms with Gasteiger partial charge >= 0.3 is 0 Å². The Morgan fingerprint density at radius 3 is 2.67 bits per heavy atom. The number of benzene rings is 1. The maximum atomic E-state index is 11.2. The molecule has 1 aliphatic rings. The Bertz CT molecular complexity index is 455. The summed E-state index contributed by atoms with van der Waals surface area (Å²) >= 11 is 5.90. The van der Waals surface area contributed by atoms with Crippen LogP contribution in [0, 0.1) is 0 Å². The van der Waals surface area contributed by atoms with Crippen molar-refractivity contribution in [1.29, 1.82) is 0 Å². The molecule has 1 heterocycles. The van der Waals surface area contributed by atoms with Crippen LogP contribution in [0.25, 0.3) is 0 Å². The Morgan fingerprint density at radius 1 is 1.33 bits per heavy atom. The van der Waals surface area contributed by atoms with Gasteiger partial charge in [0.05, 0.1) is 16.5 Å². The number of rotatable bonds is 2. The van der Waals surface area contributed by atoms with Gasteiger partial charge in [0.1, 0.15) is 11.9 Å². The van der Waals surface area contributed by atoms with Crippen molar-refractivity contribution in [2.24, 2.45) is 0 Å². The molecule has 2 rings (SSSR count). The van der Waals surface area contributed by atoms with Crippen LogP contribution in [0.2, 0.25) is 5.02 Å². The number of ether oxygens (including phenoxy) is 1. The van der Waals surface area contributed by atoms with Crippen molar-refractivity contribution < 1.29 is 13.2 Å². The Balaban J connectivity index is 2.08. The van der Waals surface area contributed by atoms with Gasteiger partial charge in [-0.3, -0.25) is 0 Å². The lowest BCUT2D eigenvalue weighted by atomic mass is 10.3. The molecule has 0 N–H and O–H groups in total. The fourth-order valence-corrected chi connectivity index (χ4v) is 3.34. The van der Waals surface area contributed by atoms with E-state index in [1.165, 1.54) is 0 Å². The van der Waals surface area contributed by atoms with Crippen LogP contribution in [0.4, 0.5) is 0 Å². The molecule has 0 aliphatic carbocycles. The van der Waals surface area contributed by atoms with E-state index in [0.717, 1.165) is 0 Å². The predicted molar refractivity (Wildman–Crippen MR) is 59.1 cm³/mol. The molecule has 0 aromatic heterocycles. The van der Waals surface area contributed by atoms with Crippen LogP contribution in [-0.4, -0.2) is 26.0 Å². The number of halogens is 1. The molecule has 0 radical (unpaired) electrons. The molecule has 1 atom stereocenters. The fraction of sp³-hybridized carbons (Fsp3) is 0.400. The van der Waals surface area contributed by atoms with Gasteiger partial charge in [-0.05, 0) is 18.6 Å². The number of para-hydroxylation sites is 1. The molecule has 15 heavy (non-hydrogen) atoms. The van der Waals surface area contributed by atoms with Crippen molar-refractivity contribution in [3.05, 3.63) is 29.3 Å². The van der Waals surface area contributed by atoms with Gasteiger partial charge in [-0.1, -0.05) is 23.7 Å². The molecule has 1 aromatic carbocycles. The molecule has 0 spiro atoms. The summed E-state index contributed by atoms with van der Waals surface area (Å²) in [5, 5.41) is 0.516. The molecule has 1 aliphatic heterocycles. The van der Waals surface area contributed by atoms with Crippen molar-refractivity contribution in [1.82, 2.24) is 0 Å². The van der Waals surface area contributed by atoms with Gasteiger partial charge in [0.25, 0.3) is 0 Å². The first-order chi connectivity index (χ1) is 7.07. The minimum atomic E-state index is -2.90. The molecule has 0 bridgehead atoms.